The number of carbonyl (C=O) groups excluding carboxylic acids is 5. The van der Waals surface area contributed by atoms with Crippen molar-refractivity contribution in [3.05, 3.63) is 0 Å². The Morgan fingerprint density at radius 2 is 1.46 bits per heavy atom. The van der Waals surface area contributed by atoms with Crippen LogP contribution < -0.4 is 32.7 Å². The fourth-order valence-corrected chi connectivity index (χ4v) is 7.48. The molecule has 2 aliphatic rings. The molecule has 0 aromatic rings. The van der Waals surface area contributed by atoms with Crippen molar-refractivity contribution in [3.63, 3.8) is 0 Å². The molecule has 0 aromatic heterocycles. The third-order valence-electron chi connectivity index (χ3n) is 11.0. The number of amides is 5. The van der Waals surface area contributed by atoms with Gasteiger partial charge in [-0.05, 0) is 58.5 Å². The minimum atomic E-state index is -1.22. The smallest absolute Gasteiger partial charge is 0.244 e. The van der Waals surface area contributed by atoms with E-state index in [-0.39, 0.29) is 31.4 Å². The lowest BCUT2D eigenvalue weighted by Crippen LogP contribution is -2.62. The lowest BCUT2D eigenvalue weighted by atomic mass is 9.90. The highest BCUT2D eigenvalue weighted by Gasteiger charge is 2.38. The fraction of sp³-hybridized carbons (Fsp3) is 0.872. The Morgan fingerprint density at radius 1 is 0.815 bits per heavy atom. The van der Waals surface area contributed by atoms with E-state index in [1.54, 1.807) is 25.9 Å². The van der Waals surface area contributed by atoms with E-state index in [9.17, 15) is 29.1 Å². The molecule has 9 N–H and O–H groups in total. The second-order valence-electron chi connectivity index (χ2n) is 15.6. The van der Waals surface area contributed by atoms with Gasteiger partial charge in [-0.25, -0.2) is 0 Å². The summed E-state index contributed by atoms with van der Waals surface area (Å²) >= 11 is 0. The number of likely N-dealkylation sites (N-methyl/N-ethyl adjacent to an activating group) is 1. The van der Waals surface area contributed by atoms with Crippen LogP contribution in [0.15, 0.2) is 0 Å². The van der Waals surface area contributed by atoms with E-state index in [0.717, 1.165) is 64.2 Å². The molecule has 0 radical (unpaired) electrons. The number of nitrogens with zero attached hydrogens (tertiary/aromatic N) is 2. The van der Waals surface area contributed by atoms with Crippen molar-refractivity contribution in [1.29, 1.82) is 0 Å². The average Bonchev–Trinajstić information content (AvgIpc) is 3.44. The summed E-state index contributed by atoms with van der Waals surface area (Å²) in [4.78, 5) is 73.2. The number of hydrogen-bond donors (Lipinski definition) is 7. The highest BCUT2D eigenvalue weighted by molar-refractivity contribution is 5.96. The SMILES string of the molecule is CCCCCC[C@H]1OC[C@@H](C)NC(=O)[C@H](CC(O)N(C)CCCN)NC(=O)[C@H](CN)NC(=O)[C@H](C2CCCCCC2)NC(=O)[C@H](CCC)N(C)C(=O)[C@@H]1C. The van der Waals surface area contributed by atoms with Crippen LogP contribution in [0.25, 0.3) is 0 Å². The third kappa shape index (κ3) is 15.4. The molecule has 5 amide bonds. The maximum absolute atomic E-state index is 14.2. The summed E-state index contributed by atoms with van der Waals surface area (Å²) < 4.78 is 6.39. The molecule has 0 spiro atoms. The maximum atomic E-state index is 14.2. The van der Waals surface area contributed by atoms with Crippen molar-refractivity contribution in [2.24, 2.45) is 23.3 Å². The molecule has 2 rings (SSSR count). The van der Waals surface area contributed by atoms with Gasteiger partial charge in [0.15, 0.2) is 0 Å². The summed E-state index contributed by atoms with van der Waals surface area (Å²) in [6.07, 6.45) is 9.79. The monoisotopic (exact) mass is 767 g/mol. The zero-order valence-corrected chi connectivity index (χ0v) is 34.1. The highest BCUT2D eigenvalue weighted by Crippen LogP contribution is 2.27. The predicted octanol–water partition coefficient (Wildman–Crippen LogP) is 1.50. The van der Waals surface area contributed by atoms with Gasteiger partial charge in [-0.1, -0.05) is 78.6 Å². The largest absolute Gasteiger partial charge is 0.378 e. The van der Waals surface area contributed by atoms with Crippen LogP contribution in [0.5, 0.6) is 0 Å². The van der Waals surface area contributed by atoms with Gasteiger partial charge in [0.2, 0.25) is 29.5 Å². The molecule has 1 unspecified atom stereocenters. The molecule has 1 aliphatic carbocycles. The van der Waals surface area contributed by atoms with Gasteiger partial charge >= 0.3 is 0 Å². The van der Waals surface area contributed by atoms with Gasteiger partial charge in [-0.3, -0.25) is 28.9 Å². The van der Waals surface area contributed by atoms with Crippen LogP contribution in [0, 0.1) is 11.8 Å². The second-order valence-corrected chi connectivity index (χ2v) is 15.6. The standard InChI is InChI=1S/C39H74N8O7/c1-7-9-10-15-20-32-27(4)39(53)47(6)31(17-8-2)37(51)45-34(28-18-13-11-12-14-19-28)38(52)44-30(24-41)36(50)43-29(35(49)42-26(3)25-54-32)23-33(48)46(5)22-16-21-40/h26-34,48H,7-25,40-41H2,1-6H3,(H,42,49)(H,43,50)(H,44,52)(H,45,51)/t26-,27-,29+,30+,31+,32-,33?,34+/m1/s1. The molecule has 0 aromatic carbocycles. The van der Waals surface area contributed by atoms with Gasteiger partial charge in [-0.15, -0.1) is 0 Å². The van der Waals surface area contributed by atoms with E-state index in [0.29, 0.717) is 38.8 Å². The quantitative estimate of drug-likeness (QED) is 0.0723. The Kier molecular flexibility index (Phi) is 22.2. The van der Waals surface area contributed by atoms with Crippen LogP contribution in [0.1, 0.15) is 124 Å². The number of ether oxygens (including phenoxy) is 1. The zero-order valence-electron chi connectivity index (χ0n) is 34.1. The topological polar surface area (TPSA) is 221 Å². The normalized spacial score (nSPS) is 28.6. The molecular weight excluding hydrogens is 692 g/mol. The molecule has 1 saturated heterocycles. The molecule has 2 fully saturated rings. The number of unbranched alkanes of at least 4 members (excludes halogenated alkanes) is 3. The summed E-state index contributed by atoms with van der Waals surface area (Å²) in [5, 5.41) is 22.5. The van der Waals surface area contributed by atoms with Crippen molar-refractivity contribution in [1.82, 2.24) is 31.1 Å². The Hall–Kier alpha value is -2.85. The minimum absolute atomic E-state index is 0.0918. The van der Waals surface area contributed by atoms with Gasteiger partial charge in [0.1, 0.15) is 30.4 Å². The first-order valence-corrected chi connectivity index (χ1v) is 20.7. The fourth-order valence-electron chi connectivity index (χ4n) is 7.48. The molecule has 15 nitrogen and oxygen atoms in total. The zero-order chi connectivity index (χ0) is 40.2. The van der Waals surface area contributed by atoms with Gasteiger partial charge < -0.3 is 47.5 Å². The van der Waals surface area contributed by atoms with E-state index >= 15 is 0 Å². The first kappa shape index (κ1) is 47.3. The van der Waals surface area contributed by atoms with Crippen molar-refractivity contribution < 1.29 is 33.8 Å². The number of nitrogens with two attached hydrogens (primary N) is 2. The Morgan fingerprint density at radius 3 is 2.07 bits per heavy atom. The molecule has 1 heterocycles. The molecule has 54 heavy (non-hydrogen) atoms. The van der Waals surface area contributed by atoms with Gasteiger partial charge in [0.05, 0.1) is 18.6 Å². The number of aliphatic hydroxyl groups excluding tert-OH is 1. The van der Waals surface area contributed by atoms with Crippen LogP contribution in [-0.4, -0.2) is 127 Å². The predicted molar refractivity (Wildman–Crippen MR) is 210 cm³/mol. The number of nitrogens with one attached hydrogen (secondary N) is 4. The molecule has 15 heteroatoms. The van der Waals surface area contributed by atoms with Crippen molar-refractivity contribution in [2.45, 2.75) is 167 Å². The van der Waals surface area contributed by atoms with Crippen molar-refractivity contribution >= 4 is 29.5 Å². The molecule has 312 valence electrons. The first-order chi connectivity index (χ1) is 25.8. The summed E-state index contributed by atoms with van der Waals surface area (Å²) in [6, 6.07) is -4.72. The maximum Gasteiger partial charge on any atom is 0.244 e. The third-order valence-corrected chi connectivity index (χ3v) is 11.0. The number of aliphatic hydroxyl groups is 1. The molecule has 1 saturated carbocycles. The first-order valence-electron chi connectivity index (χ1n) is 20.7. The lowest BCUT2D eigenvalue weighted by Gasteiger charge is -2.34. The van der Waals surface area contributed by atoms with E-state index < -0.39 is 72.1 Å². The van der Waals surface area contributed by atoms with Crippen molar-refractivity contribution in [3.8, 4) is 0 Å². The number of hydrogen-bond acceptors (Lipinski definition) is 10. The van der Waals surface area contributed by atoms with Gasteiger partial charge in [-0.2, -0.15) is 0 Å². The number of rotatable bonds is 15. The minimum Gasteiger partial charge on any atom is -0.378 e. The van der Waals surface area contributed by atoms with Crippen LogP contribution in [-0.2, 0) is 28.7 Å². The highest BCUT2D eigenvalue weighted by atomic mass is 16.5. The summed E-state index contributed by atoms with van der Waals surface area (Å²) in [5.41, 5.74) is 11.7. The van der Waals surface area contributed by atoms with Crippen LogP contribution in [0.3, 0.4) is 0 Å². The van der Waals surface area contributed by atoms with Gasteiger partial charge in [0.25, 0.3) is 0 Å². The molecular formula is C39H74N8O7. The Balaban J connectivity index is 2.57. The molecule has 0 bridgehead atoms. The second kappa shape index (κ2) is 25.3. The summed E-state index contributed by atoms with van der Waals surface area (Å²) in [6.45, 7) is 8.39. The molecule has 8 atom stereocenters. The van der Waals surface area contributed by atoms with Gasteiger partial charge in [0, 0.05) is 32.6 Å². The lowest BCUT2D eigenvalue weighted by molar-refractivity contribution is -0.147. The van der Waals surface area contributed by atoms with E-state index in [4.69, 9.17) is 16.2 Å². The Labute approximate surface area is 324 Å². The van der Waals surface area contributed by atoms with E-state index in [1.807, 2.05) is 13.8 Å². The van der Waals surface area contributed by atoms with E-state index in [2.05, 4.69) is 28.2 Å². The van der Waals surface area contributed by atoms with Crippen LogP contribution in [0.2, 0.25) is 0 Å². The van der Waals surface area contributed by atoms with E-state index in [1.165, 1.54) is 4.90 Å². The van der Waals surface area contributed by atoms with Crippen LogP contribution >= 0.6 is 0 Å². The van der Waals surface area contributed by atoms with Crippen molar-refractivity contribution in [2.75, 3.05) is 40.3 Å². The molecule has 1 aliphatic heterocycles. The summed E-state index contributed by atoms with van der Waals surface area (Å²) in [7, 11) is 3.34. The number of carbonyl (C=O) groups is 5. The Bertz CT molecular complexity index is 1150. The average molecular weight is 767 g/mol. The van der Waals surface area contributed by atoms with Crippen LogP contribution in [0.4, 0.5) is 0 Å². The summed E-state index contributed by atoms with van der Waals surface area (Å²) in [5.74, 6) is -3.22.